The topological polar surface area (TPSA) is 75.7 Å². The summed E-state index contributed by atoms with van der Waals surface area (Å²) in [7, 11) is -2.06. The lowest BCUT2D eigenvalue weighted by Crippen LogP contribution is -2.44. The summed E-state index contributed by atoms with van der Waals surface area (Å²) in [5.74, 6) is -0.279. The number of amides is 1. The number of nitrogens with one attached hydrogen (secondary N) is 1. The van der Waals surface area contributed by atoms with Gasteiger partial charge in [0.25, 0.3) is 0 Å². The normalized spacial score (nSPS) is 17.5. The number of carbonyl (C=O) groups is 1. The number of ether oxygens (including phenoxy) is 1. The highest BCUT2D eigenvalue weighted by molar-refractivity contribution is 7.88. The summed E-state index contributed by atoms with van der Waals surface area (Å²) < 4.78 is 32.5. The molecule has 1 aliphatic heterocycles. The number of halogens is 2. The third-order valence-electron chi connectivity index (χ3n) is 5.09. The Morgan fingerprint density at radius 3 is 2.67 bits per heavy atom. The monoisotopic (exact) mass is 470 g/mol. The van der Waals surface area contributed by atoms with Crippen molar-refractivity contribution in [1.29, 1.82) is 0 Å². The summed E-state index contributed by atoms with van der Waals surface area (Å²) in [6.45, 7) is 2.46. The Morgan fingerprint density at radius 1 is 1.20 bits per heavy atom. The van der Waals surface area contributed by atoms with Crippen LogP contribution in [0, 0.1) is 12.8 Å². The Hall–Kier alpha value is -1.80. The first kappa shape index (κ1) is 22.9. The molecule has 0 aromatic heterocycles. The van der Waals surface area contributed by atoms with Crippen LogP contribution in [0.4, 0.5) is 5.69 Å². The number of rotatable bonds is 6. The largest absolute Gasteiger partial charge is 0.495 e. The van der Waals surface area contributed by atoms with Gasteiger partial charge in [-0.15, -0.1) is 0 Å². The van der Waals surface area contributed by atoms with Gasteiger partial charge in [0, 0.05) is 13.1 Å². The van der Waals surface area contributed by atoms with E-state index in [4.69, 9.17) is 27.9 Å². The third-order valence-corrected chi connectivity index (χ3v) is 7.65. The van der Waals surface area contributed by atoms with Crippen LogP contribution in [0.2, 0.25) is 10.0 Å². The van der Waals surface area contributed by atoms with Crippen LogP contribution in [0.3, 0.4) is 0 Å². The summed E-state index contributed by atoms with van der Waals surface area (Å²) in [5.41, 5.74) is 2.12. The number of anilines is 1. The highest BCUT2D eigenvalue weighted by atomic mass is 35.5. The van der Waals surface area contributed by atoms with Crippen molar-refractivity contribution in [2.75, 3.05) is 25.5 Å². The summed E-state index contributed by atoms with van der Waals surface area (Å²) in [4.78, 5) is 12.8. The molecule has 1 heterocycles. The zero-order chi connectivity index (χ0) is 21.9. The Labute approximate surface area is 187 Å². The molecule has 1 fully saturated rings. The summed E-state index contributed by atoms with van der Waals surface area (Å²) in [6.07, 6.45) is 1.24. The fraction of sp³-hybridized carbons (Fsp3) is 0.381. The van der Waals surface area contributed by atoms with Crippen LogP contribution >= 0.6 is 23.2 Å². The second-order valence-electron chi connectivity index (χ2n) is 7.39. The average Bonchev–Trinajstić information content (AvgIpc) is 2.71. The van der Waals surface area contributed by atoms with Crippen LogP contribution in [-0.4, -0.2) is 38.8 Å². The maximum Gasteiger partial charge on any atom is 0.228 e. The van der Waals surface area contributed by atoms with E-state index in [0.717, 1.165) is 5.56 Å². The Morgan fingerprint density at radius 2 is 1.97 bits per heavy atom. The zero-order valence-corrected chi connectivity index (χ0v) is 19.1. The van der Waals surface area contributed by atoms with Crippen molar-refractivity contribution in [3.8, 4) is 5.75 Å². The van der Waals surface area contributed by atoms with Crippen molar-refractivity contribution in [2.45, 2.75) is 25.5 Å². The summed E-state index contributed by atoms with van der Waals surface area (Å²) >= 11 is 11.9. The zero-order valence-electron chi connectivity index (χ0n) is 16.8. The molecular formula is C21H24Cl2N2O4S. The van der Waals surface area contributed by atoms with Crippen LogP contribution in [0.15, 0.2) is 36.4 Å². The van der Waals surface area contributed by atoms with Gasteiger partial charge < -0.3 is 10.1 Å². The van der Waals surface area contributed by atoms with Gasteiger partial charge in [-0.05, 0) is 55.2 Å². The fourth-order valence-electron chi connectivity index (χ4n) is 3.49. The maximum atomic E-state index is 12.9. The molecule has 162 valence electrons. The van der Waals surface area contributed by atoms with Crippen molar-refractivity contribution in [3.63, 3.8) is 0 Å². The van der Waals surface area contributed by atoms with Crippen LogP contribution in [0.25, 0.3) is 0 Å². The number of piperidine rings is 1. The lowest BCUT2D eigenvalue weighted by molar-refractivity contribution is -0.120. The van der Waals surface area contributed by atoms with E-state index in [-0.39, 0.29) is 18.2 Å². The van der Waals surface area contributed by atoms with Gasteiger partial charge in [-0.25, -0.2) is 12.7 Å². The Balaban J connectivity index is 1.70. The first-order valence-corrected chi connectivity index (χ1v) is 11.9. The number of aryl methyl sites for hydroxylation is 1. The predicted octanol–water partition coefficient (Wildman–Crippen LogP) is 4.49. The number of nitrogens with zero attached hydrogens (tertiary/aromatic N) is 1. The number of methoxy groups -OCH3 is 1. The fourth-order valence-corrected chi connectivity index (χ4v) is 5.41. The van der Waals surface area contributed by atoms with E-state index in [9.17, 15) is 13.2 Å². The molecule has 0 saturated carbocycles. The molecule has 1 N–H and O–H groups in total. The second-order valence-corrected chi connectivity index (χ2v) is 10.2. The minimum atomic E-state index is -3.60. The van der Waals surface area contributed by atoms with Gasteiger partial charge >= 0.3 is 0 Å². The first-order chi connectivity index (χ1) is 14.2. The van der Waals surface area contributed by atoms with E-state index in [2.05, 4.69) is 5.32 Å². The quantitative estimate of drug-likeness (QED) is 0.674. The molecule has 2 aromatic rings. The van der Waals surface area contributed by atoms with Crippen LogP contribution in [-0.2, 0) is 20.6 Å². The van der Waals surface area contributed by atoms with Gasteiger partial charge in [0.15, 0.2) is 0 Å². The predicted molar refractivity (Wildman–Crippen MR) is 120 cm³/mol. The molecule has 1 atom stereocenters. The average molecular weight is 471 g/mol. The molecule has 0 unspecified atom stereocenters. The summed E-state index contributed by atoms with van der Waals surface area (Å²) in [5, 5.41) is 3.58. The van der Waals surface area contributed by atoms with Crippen molar-refractivity contribution >= 4 is 44.8 Å². The van der Waals surface area contributed by atoms with Gasteiger partial charge in [0.2, 0.25) is 15.9 Å². The van der Waals surface area contributed by atoms with Crippen molar-refractivity contribution < 1.29 is 17.9 Å². The molecule has 0 bridgehead atoms. The van der Waals surface area contributed by atoms with E-state index >= 15 is 0 Å². The van der Waals surface area contributed by atoms with Gasteiger partial charge in [-0.3, -0.25) is 4.79 Å². The van der Waals surface area contributed by atoms with Crippen LogP contribution in [0.5, 0.6) is 5.75 Å². The molecule has 1 amide bonds. The molecule has 0 radical (unpaired) electrons. The minimum absolute atomic E-state index is 0.142. The molecule has 3 rings (SSSR count). The molecule has 1 aliphatic rings. The van der Waals surface area contributed by atoms with E-state index < -0.39 is 15.9 Å². The summed E-state index contributed by atoms with van der Waals surface area (Å²) in [6, 6.07) is 10.3. The van der Waals surface area contributed by atoms with E-state index in [1.807, 2.05) is 19.1 Å². The van der Waals surface area contributed by atoms with E-state index in [1.54, 1.807) is 24.3 Å². The number of hydrogen-bond acceptors (Lipinski definition) is 4. The first-order valence-electron chi connectivity index (χ1n) is 9.57. The molecule has 2 aromatic carbocycles. The van der Waals surface area contributed by atoms with Gasteiger partial charge in [-0.2, -0.15) is 0 Å². The van der Waals surface area contributed by atoms with Crippen molar-refractivity contribution in [1.82, 2.24) is 4.31 Å². The highest BCUT2D eigenvalue weighted by Gasteiger charge is 2.32. The van der Waals surface area contributed by atoms with Crippen LogP contribution in [0.1, 0.15) is 24.0 Å². The van der Waals surface area contributed by atoms with Gasteiger partial charge in [0.05, 0.1) is 34.5 Å². The maximum absolute atomic E-state index is 12.9. The van der Waals surface area contributed by atoms with Gasteiger partial charge in [0.1, 0.15) is 5.75 Å². The van der Waals surface area contributed by atoms with Crippen molar-refractivity contribution in [3.05, 3.63) is 57.6 Å². The molecule has 30 heavy (non-hydrogen) atoms. The molecule has 1 saturated heterocycles. The Bertz CT molecular complexity index is 1040. The third kappa shape index (κ3) is 5.46. The smallest absolute Gasteiger partial charge is 0.228 e. The lowest BCUT2D eigenvalue weighted by Gasteiger charge is -2.31. The number of sulfonamides is 1. The highest BCUT2D eigenvalue weighted by Crippen LogP contribution is 2.29. The molecular weight excluding hydrogens is 447 g/mol. The van der Waals surface area contributed by atoms with E-state index in [1.165, 1.54) is 11.4 Å². The van der Waals surface area contributed by atoms with Crippen LogP contribution < -0.4 is 10.1 Å². The molecule has 0 aliphatic carbocycles. The molecule has 9 heteroatoms. The number of carbonyl (C=O) groups excluding carboxylic acids is 1. The standard InChI is InChI=1S/C21H24Cl2N2O4S/c1-14-5-8-20(29-2)19(10-14)24-21(26)16-4-3-9-25(12-16)30(27,28)13-15-6-7-17(22)18(23)11-15/h5-8,10-11,16H,3-4,9,12-13H2,1-2H3,(H,24,26)/t16-/m0/s1. The number of hydrogen-bond donors (Lipinski definition) is 1. The van der Waals surface area contributed by atoms with Gasteiger partial charge in [-0.1, -0.05) is 35.3 Å². The molecule has 0 spiro atoms. The Kier molecular flexibility index (Phi) is 7.29. The minimum Gasteiger partial charge on any atom is -0.495 e. The second kappa shape index (κ2) is 9.56. The van der Waals surface area contributed by atoms with E-state index in [0.29, 0.717) is 46.4 Å². The molecule has 6 nitrogen and oxygen atoms in total. The number of benzene rings is 2. The van der Waals surface area contributed by atoms with Crippen molar-refractivity contribution in [2.24, 2.45) is 5.92 Å². The SMILES string of the molecule is COc1ccc(C)cc1NC(=O)[C@H]1CCCN(S(=O)(=O)Cc2ccc(Cl)c(Cl)c2)C1. The lowest BCUT2D eigenvalue weighted by atomic mass is 9.98.